The molecule has 2 heteroatoms. The number of rotatable bonds is 1. The van der Waals surface area contributed by atoms with Gasteiger partial charge in [0.15, 0.2) is 0 Å². The summed E-state index contributed by atoms with van der Waals surface area (Å²) in [4.78, 5) is 2.30. The van der Waals surface area contributed by atoms with Gasteiger partial charge < -0.3 is 9.64 Å². The van der Waals surface area contributed by atoms with Crippen LogP contribution in [0, 0.1) is 0 Å². The van der Waals surface area contributed by atoms with Crippen molar-refractivity contribution in [2.75, 3.05) is 11.4 Å². The number of benzene rings is 2. The fraction of sp³-hybridized carbons (Fsp3) is 0.158. The number of hydrogen-bond donors (Lipinski definition) is 0. The largest absolute Gasteiger partial charge is 0.460 e. The molecule has 2 heterocycles. The standard InChI is InChI=1S/C19H17NO/c1-2-20-17-9-5-3-7-15(17)11-13-19(20)14-12-16-8-4-6-10-18(16)21-19/h3-14H,2H2,1H3. The van der Waals surface area contributed by atoms with Crippen molar-refractivity contribution >= 4 is 17.8 Å². The fourth-order valence-corrected chi connectivity index (χ4v) is 3.14. The van der Waals surface area contributed by atoms with Crippen LogP contribution in [0.15, 0.2) is 60.7 Å². The van der Waals surface area contributed by atoms with Crippen LogP contribution in [0.3, 0.4) is 0 Å². The minimum atomic E-state index is -0.516. The molecular weight excluding hydrogens is 258 g/mol. The predicted octanol–water partition coefficient (Wildman–Crippen LogP) is 4.34. The van der Waals surface area contributed by atoms with E-state index in [2.05, 4.69) is 66.5 Å². The average molecular weight is 275 g/mol. The molecule has 0 radical (unpaired) electrons. The zero-order chi connectivity index (χ0) is 14.3. The molecule has 0 saturated heterocycles. The van der Waals surface area contributed by atoms with E-state index in [1.165, 1.54) is 11.3 Å². The Labute approximate surface area is 125 Å². The summed E-state index contributed by atoms with van der Waals surface area (Å²) in [6.07, 6.45) is 8.59. The Kier molecular flexibility index (Phi) is 2.64. The maximum Gasteiger partial charge on any atom is 0.222 e. The Hall–Kier alpha value is -2.48. The molecule has 2 aliphatic heterocycles. The van der Waals surface area contributed by atoms with E-state index in [0.29, 0.717) is 0 Å². The molecule has 1 atom stereocenters. The van der Waals surface area contributed by atoms with Crippen molar-refractivity contribution in [3.05, 3.63) is 71.8 Å². The zero-order valence-corrected chi connectivity index (χ0v) is 12.0. The molecule has 0 aliphatic carbocycles. The van der Waals surface area contributed by atoms with Gasteiger partial charge in [-0.25, -0.2) is 0 Å². The Balaban J connectivity index is 1.84. The first kappa shape index (κ1) is 12.3. The highest BCUT2D eigenvalue weighted by Gasteiger charge is 2.38. The number of fused-ring (bicyclic) bond motifs is 2. The van der Waals surface area contributed by atoms with Crippen LogP contribution in [0.5, 0.6) is 5.75 Å². The molecule has 0 N–H and O–H groups in total. The summed E-state index contributed by atoms with van der Waals surface area (Å²) in [5, 5.41) is 0. The average Bonchev–Trinajstić information content (AvgIpc) is 2.55. The molecule has 21 heavy (non-hydrogen) atoms. The number of hydrogen-bond acceptors (Lipinski definition) is 2. The second kappa shape index (κ2) is 4.52. The van der Waals surface area contributed by atoms with Gasteiger partial charge in [0.1, 0.15) is 5.75 Å². The molecule has 2 aromatic rings. The SMILES string of the molecule is CCN1c2ccccc2C=CC12C=Cc1ccccc1O2. The van der Waals surface area contributed by atoms with Crippen LogP contribution in [0.1, 0.15) is 18.1 Å². The second-order valence-corrected chi connectivity index (χ2v) is 5.36. The topological polar surface area (TPSA) is 12.5 Å². The van der Waals surface area contributed by atoms with Gasteiger partial charge in [0.2, 0.25) is 5.72 Å². The number of para-hydroxylation sites is 2. The van der Waals surface area contributed by atoms with E-state index in [1.807, 2.05) is 18.2 Å². The van der Waals surface area contributed by atoms with Gasteiger partial charge >= 0.3 is 0 Å². The van der Waals surface area contributed by atoms with Crippen molar-refractivity contribution in [3.8, 4) is 5.75 Å². The lowest BCUT2D eigenvalue weighted by Gasteiger charge is -2.45. The lowest BCUT2D eigenvalue weighted by atomic mass is 9.96. The molecular formula is C19H17NO. The Morgan fingerprint density at radius 3 is 2.38 bits per heavy atom. The van der Waals surface area contributed by atoms with Crippen molar-refractivity contribution in [1.82, 2.24) is 0 Å². The molecule has 1 spiro atoms. The number of ether oxygens (including phenoxy) is 1. The fourth-order valence-electron chi connectivity index (χ4n) is 3.14. The quantitative estimate of drug-likeness (QED) is 0.767. The van der Waals surface area contributed by atoms with Crippen LogP contribution >= 0.6 is 0 Å². The van der Waals surface area contributed by atoms with E-state index in [4.69, 9.17) is 4.74 Å². The van der Waals surface area contributed by atoms with Crippen molar-refractivity contribution in [3.63, 3.8) is 0 Å². The minimum Gasteiger partial charge on any atom is -0.460 e. The molecule has 0 fully saturated rings. The van der Waals surface area contributed by atoms with E-state index in [-0.39, 0.29) is 0 Å². The molecule has 0 aromatic heterocycles. The van der Waals surface area contributed by atoms with Crippen LogP contribution in [-0.4, -0.2) is 12.3 Å². The summed E-state index contributed by atoms with van der Waals surface area (Å²) < 4.78 is 6.37. The second-order valence-electron chi connectivity index (χ2n) is 5.36. The lowest BCUT2D eigenvalue weighted by molar-refractivity contribution is 0.163. The van der Waals surface area contributed by atoms with Crippen molar-refractivity contribution in [2.24, 2.45) is 0 Å². The first-order chi connectivity index (χ1) is 10.3. The predicted molar refractivity (Wildman–Crippen MR) is 87.3 cm³/mol. The maximum absolute atomic E-state index is 6.37. The molecule has 4 rings (SSSR count). The zero-order valence-electron chi connectivity index (χ0n) is 12.0. The van der Waals surface area contributed by atoms with Gasteiger partial charge in [0.25, 0.3) is 0 Å². The summed E-state index contributed by atoms with van der Waals surface area (Å²) in [7, 11) is 0. The summed E-state index contributed by atoms with van der Waals surface area (Å²) in [6.45, 7) is 3.04. The van der Waals surface area contributed by atoms with Gasteiger partial charge in [-0.1, -0.05) is 42.5 Å². The summed E-state index contributed by atoms with van der Waals surface area (Å²) in [5.74, 6) is 0.933. The number of likely N-dealkylation sites (N-methyl/N-ethyl adjacent to an activating group) is 1. The van der Waals surface area contributed by atoms with Gasteiger partial charge in [-0.15, -0.1) is 0 Å². The third-order valence-corrected chi connectivity index (χ3v) is 4.16. The third-order valence-electron chi connectivity index (χ3n) is 4.16. The van der Waals surface area contributed by atoms with Gasteiger partial charge in [-0.05, 0) is 42.8 Å². The van der Waals surface area contributed by atoms with E-state index in [9.17, 15) is 0 Å². The number of nitrogens with zero attached hydrogens (tertiary/aromatic N) is 1. The first-order valence-corrected chi connectivity index (χ1v) is 7.35. The van der Waals surface area contributed by atoms with E-state index < -0.39 is 5.72 Å². The molecule has 0 bridgehead atoms. The molecule has 0 saturated carbocycles. The van der Waals surface area contributed by atoms with Crippen LogP contribution in [0.25, 0.3) is 12.2 Å². The van der Waals surface area contributed by atoms with Crippen molar-refractivity contribution in [2.45, 2.75) is 12.6 Å². The highest BCUT2D eigenvalue weighted by atomic mass is 16.5. The van der Waals surface area contributed by atoms with Gasteiger partial charge in [-0.2, -0.15) is 0 Å². The molecule has 2 nitrogen and oxygen atoms in total. The van der Waals surface area contributed by atoms with Crippen LogP contribution < -0.4 is 9.64 Å². The molecule has 104 valence electrons. The molecule has 2 aliphatic rings. The summed E-state index contributed by atoms with van der Waals surface area (Å²) in [5.41, 5.74) is 3.07. The van der Waals surface area contributed by atoms with Crippen LogP contribution in [-0.2, 0) is 0 Å². The highest BCUT2D eigenvalue weighted by molar-refractivity contribution is 5.76. The summed E-state index contributed by atoms with van der Waals surface area (Å²) >= 11 is 0. The third kappa shape index (κ3) is 1.79. The molecule has 0 amide bonds. The first-order valence-electron chi connectivity index (χ1n) is 7.35. The van der Waals surface area contributed by atoms with Gasteiger partial charge in [0, 0.05) is 17.8 Å². The monoisotopic (exact) mass is 275 g/mol. The normalized spacial score (nSPS) is 21.9. The van der Waals surface area contributed by atoms with E-state index >= 15 is 0 Å². The van der Waals surface area contributed by atoms with E-state index in [1.54, 1.807) is 0 Å². The van der Waals surface area contributed by atoms with Crippen LogP contribution in [0.2, 0.25) is 0 Å². The smallest absolute Gasteiger partial charge is 0.222 e. The molecule has 2 aromatic carbocycles. The number of anilines is 1. The van der Waals surface area contributed by atoms with Crippen molar-refractivity contribution < 1.29 is 4.74 Å². The highest BCUT2D eigenvalue weighted by Crippen LogP contribution is 2.40. The minimum absolute atomic E-state index is 0.516. The molecule has 1 unspecified atom stereocenters. The summed E-state index contributed by atoms with van der Waals surface area (Å²) in [6, 6.07) is 16.6. The van der Waals surface area contributed by atoms with Gasteiger partial charge in [0.05, 0.1) is 0 Å². The maximum atomic E-state index is 6.37. The van der Waals surface area contributed by atoms with Crippen LogP contribution in [0.4, 0.5) is 5.69 Å². The lowest BCUT2D eigenvalue weighted by Crippen LogP contribution is -2.53. The Bertz CT molecular complexity index is 737. The van der Waals surface area contributed by atoms with Crippen molar-refractivity contribution in [1.29, 1.82) is 0 Å². The Morgan fingerprint density at radius 2 is 1.57 bits per heavy atom. The van der Waals surface area contributed by atoms with E-state index in [0.717, 1.165) is 17.9 Å². The Morgan fingerprint density at radius 1 is 0.905 bits per heavy atom. The van der Waals surface area contributed by atoms with Gasteiger partial charge in [-0.3, -0.25) is 0 Å².